The number of esters is 1. The van der Waals surface area contributed by atoms with Crippen LogP contribution in [0.1, 0.15) is 50.7 Å². The molecule has 1 aromatic carbocycles. The second-order valence-electron chi connectivity index (χ2n) is 6.11. The van der Waals surface area contributed by atoms with Crippen molar-refractivity contribution in [3.8, 4) is 0 Å². The topological polar surface area (TPSA) is 55.4 Å². The van der Waals surface area contributed by atoms with Gasteiger partial charge >= 0.3 is 5.97 Å². The van der Waals surface area contributed by atoms with Gasteiger partial charge in [0.25, 0.3) is 0 Å². The standard InChI is InChI=1S/C19H21NO3S/c1-11-12(2)24-18(16(11)19(22)23-3)20-17(21)15-10-6-8-13-7-4-5-9-14(13)15/h4-5,7,9,15H,6,8,10H2,1-3H3,(H,20,21). The molecule has 1 unspecified atom stereocenters. The quantitative estimate of drug-likeness (QED) is 0.849. The number of carbonyl (C=O) groups excluding carboxylic acids is 2. The Morgan fingerprint density at radius 3 is 2.75 bits per heavy atom. The lowest BCUT2D eigenvalue weighted by atomic mass is 9.82. The molecular formula is C19H21NO3S. The molecular weight excluding hydrogens is 322 g/mol. The number of hydrogen-bond donors (Lipinski definition) is 1. The first-order chi connectivity index (χ1) is 11.5. The number of ether oxygens (including phenoxy) is 1. The predicted molar refractivity (Wildman–Crippen MR) is 95.9 cm³/mol. The van der Waals surface area contributed by atoms with Crippen molar-refractivity contribution in [1.82, 2.24) is 0 Å². The average Bonchev–Trinajstić information content (AvgIpc) is 2.87. The molecule has 4 nitrogen and oxygen atoms in total. The van der Waals surface area contributed by atoms with Crippen LogP contribution in [-0.2, 0) is 16.0 Å². The van der Waals surface area contributed by atoms with Crippen molar-refractivity contribution in [3.63, 3.8) is 0 Å². The molecule has 0 saturated carbocycles. The molecule has 0 saturated heterocycles. The number of hydrogen-bond acceptors (Lipinski definition) is 4. The van der Waals surface area contributed by atoms with Gasteiger partial charge in [0, 0.05) is 4.88 Å². The second-order valence-corrected chi connectivity index (χ2v) is 7.34. The maximum atomic E-state index is 12.9. The number of benzene rings is 1. The number of amides is 1. The summed E-state index contributed by atoms with van der Waals surface area (Å²) in [5, 5.41) is 3.56. The molecule has 2 aromatic rings. The van der Waals surface area contributed by atoms with Crippen LogP contribution in [0.25, 0.3) is 0 Å². The minimum absolute atomic E-state index is 0.0476. The molecule has 1 aromatic heterocycles. The van der Waals surface area contributed by atoms with Gasteiger partial charge in [0.15, 0.2) is 0 Å². The summed E-state index contributed by atoms with van der Waals surface area (Å²) in [6.45, 7) is 3.82. The molecule has 1 N–H and O–H groups in total. The van der Waals surface area contributed by atoms with E-state index in [0.29, 0.717) is 10.6 Å². The summed E-state index contributed by atoms with van der Waals surface area (Å²) in [4.78, 5) is 25.9. The van der Waals surface area contributed by atoms with Gasteiger partial charge in [0.2, 0.25) is 5.91 Å². The largest absolute Gasteiger partial charge is 0.465 e. The van der Waals surface area contributed by atoms with E-state index < -0.39 is 5.97 Å². The molecule has 1 amide bonds. The van der Waals surface area contributed by atoms with Crippen LogP contribution in [0.4, 0.5) is 5.00 Å². The minimum Gasteiger partial charge on any atom is -0.465 e. The third-order valence-corrected chi connectivity index (χ3v) is 5.82. The van der Waals surface area contributed by atoms with Crippen LogP contribution in [-0.4, -0.2) is 19.0 Å². The summed E-state index contributed by atoms with van der Waals surface area (Å²) in [5.74, 6) is -0.618. The van der Waals surface area contributed by atoms with E-state index in [1.807, 2.05) is 32.0 Å². The fourth-order valence-corrected chi connectivity index (χ4v) is 4.34. The highest BCUT2D eigenvalue weighted by Gasteiger charge is 2.28. The van der Waals surface area contributed by atoms with Gasteiger partial charge in [-0.3, -0.25) is 4.79 Å². The normalized spacial score (nSPS) is 16.4. The van der Waals surface area contributed by atoms with Gasteiger partial charge in [-0.1, -0.05) is 24.3 Å². The lowest BCUT2D eigenvalue weighted by Gasteiger charge is -2.24. The number of carbonyl (C=O) groups is 2. The zero-order valence-corrected chi connectivity index (χ0v) is 15.0. The predicted octanol–water partition coefficient (Wildman–Crippen LogP) is 4.21. The molecule has 0 bridgehead atoms. The SMILES string of the molecule is COC(=O)c1c(NC(=O)C2CCCc3ccccc32)sc(C)c1C. The maximum Gasteiger partial charge on any atom is 0.341 e. The number of rotatable bonds is 3. The van der Waals surface area contributed by atoms with Gasteiger partial charge in [0.1, 0.15) is 5.00 Å². The Labute approximate surface area is 145 Å². The van der Waals surface area contributed by atoms with Crippen molar-refractivity contribution in [2.75, 3.05) is 12.4 Å². The van der Waals surface area contributed by atoms with E-state index in [-0.39, 0.29) is 11.8 Å². The second kappa shape index (κ2) is 6.77. The summed E-state index contributed by atoms with van der Waals surface area (Å²) in [5.41, 5.74) is 3.69. The van der Waals surface area contributed by atoms with E-state index in [0.717, 1.165) is 35.3 Å². The summed E-state index contributed by atoms with van der Waals surface area (Å²) in [7, 11) is 1.36. The van der Waals surface area contributed by atoms with E-state index in [9.17, 15) is 9.59 Å². The van der Waals surface area contributed by atoms with Crippen LogP contribution in [0.2, 0.25) is 0 Å². The van der Waals surface area contributed by atoms with E-state index in [1.165, 1.54) is 24.0 Å². The van der Waals surface area contributed by atoms with Crippen molar-refractivity contribution < 1.29 is 14.3 Å². The smallest absolute Gasteiger partial charge is 0.341 e. The van der Waals surface area contributed by atoms with Crippen molar-refractivity contribution in [2.24, 2.45) is 0 Å². The van der Waals surface area contributed by atoms with Gasteiger partial charge in [-0.15, -0.1) is 11.3 Å². The van der Waals surface area contributed by atoms with Crippen LogP contribution < -0.4 is 5.32 Å². The van der Waals surface area contributed by atoms with E-state index in [2.05, 4.69) is 11.4 Å². The Hall–Kier alpha value is -2.14. The number of thiophene rings is 1. The number of methoxy groups -OCH3 is 1. The molecule has 126 valence electrons. The Morgan fingerprint density at radius 2 is 2.00 bits per heavy atom. The molecule has 1 aliphatic rings. The lowest BCUT2D eigenvalue weighted by Crippen LogP contribution is -2.25. The molecule has 3 rings (SSSR count). The molecule has 24 heavy (non-hydrogen) atoms. The van der Waals surface area contributed by atoms with Gasteiger partial charge in [0.05, 0.1) is 18.6 Å². The molecule has 0 radical (unpaired) electrons. The highest BCUT2D eigenvalue weighted by molar-refractivity contribution is 7.16. The summed E-state index contributed by atoms with van der Waals surface area (Å²) in [6, 6.07) is 8.11. The zero-order chi connectivity index (χ0) is 17.3. The number of fused-ring (bicyclic) bond motifs is 1. The Morgan fingerprint density at radius 1 is 1.25 bits per heavy atom. The third kappa shape index (κ3) is 2.96. The third-order valence-electron chi connectivity index (χ3n) is 4.70. The van der Waals surface area contributed by atoms with Crippen LogP contribution in [0.5, 0.6) is 0 Å². The fraction of sp³-hybridized carbons (Fsp3) is 0.368. The highest BCUT2D eigenvalue weighted by Crippen LogP contribution is 2.36. The van der Waals surface area contributed by atoms with Gasteiger partial charge in [-0.25, -0.2) is 4.79 Å². The van der Waals surface area contributed by atoms with E-state index >= 15 is 0 Å². The summed E-state index contributed by atoms with van der Waals surface area (Å²) < 4.78 is 4.87. The first-order valence-corrected chi connectivity index (χ1v) is 8.91. The molecule has 5 heteroatoms. The van der Waals surface area contributed by atoms with Crippen LogP contribution >= 0.6 is 11.3 Å². The highest BCUT2D eigenvalue weighted by atomic mass is 32.1. The average molecular weight is 343 g/mol. The van der Waals surface area contributed by atoms with Gasteiger partial charge < -0.3 is 10.1 Å². The van der Waals surface area contributed by atoms with Gasteiger partial charge in [-0.2, -0.15) is 0 Å². The van der Waals surface area contributed by atoms with E-state index in [1.54, 1.807) is 0 Å². The Bertz CT molecular complexity index is 794. The summed E-state index contributed by atoms with van der Waals surface area (Å²) >= 11 is 1.43. The van der Waals surface area contributed by atoms with Crippen molar-refractivity contribution >= 4 is 28.2 Å². The lowest BCUT2D eigenvalue weighted by molar-refractivity contribution is -0.117. The van der Waals surface area contributed by atoms with Crippen LogP contribution in [0, 0.1) is 13.8 Å². The maximum absolute atomic E-state index is 12.9. The molecule has 1 atom stereocenters. The summed E-state index contributed by atoms with van der Waals surface area (Å²) in [6.07, 6.45) is 2.85. The van der Waals surface area contributed by atoms with Crippen LogP contribution in [0.3, 0.4) is 0 Å². The fourth-order valence-electron chi connectivity index (χ4n) is 3.29. The number of anilines is 1. The Kier molecular flexibility index (Phi) is 4.71. The number of nitrogens with one attached hydrogen (secondary N) is 1. The minimum atomic E-state index is -0.406. The molecule has 1 aliphatic carbocycles. The first kappa shape index (κ1) is 16.7. The van der Waals surface area contributed by atoms with Crippen molar-refractivity contribution in [3.05, 3.63) is 51.4 Å². The molecule has 0 spiro atoms. The molecule has 1 heterocycles. The zero-order valence-electron chi connectivity index (χ0n) is 14.1. The Balaban J connectivity index is 1.89. The number of aryl methyl sites for hydroxylation is 2. The monoisotopic (exact) mass is 343 g/mol. The van der Waals surface area contributed by atoms with Crippen LogP contribution in [0.15, 0.2) is 24.3 Å². The first-order valence-electron chi connectivity index (χ1n) is 8.10. The van der Waals surface area contributed by atoms with E-state index in [4.69, 9.17) is 4.74 Å². The van der Waals surface area contributed by atoms with Gasteiger partial charge in [-0.05, 0) is 49.8 Å². The molecule has 0 fully saturated rings. The van der Waals surface area contributed by atoms with Crippen molar-refractivity contribution in [2.45, 2.75) is 39.0 Å². The molecule has 0 aliphatic heterocycles. The van der Waals surface area contributed by atoms with Crippen molar-refractivity contribution in [1.29, 1.82) is 0 Å².